The molecule has 0 saturated carbocycles. The van der Waals surface area contributed by atoms with Crippen LogP contribution in [0, 0.1) is 17.2 Å². The quantitative estimate of drug-likeness (QED) is 0.784. The Morgan fingerprint density at radius 1 is 1.53 bits per heavy atom. The highest BCUT2D eigenvalue weighted by Crippen LogP contribution is 2.29. The van der Waals surface area contributed by atoms with Crippen LogP contribution in [0.15, 0.2) is 24.3 Å². The molecule has 0 fully saturated rings. The fraction of sp³-hybridized carbons (Fsp3) is 0.250. The molecular weight excluding hydrogens is 218 g/mol. The molecule has 1 atom stereocenters. The van der Waals surface area contributed by atoms with E-state index in [2.05, 4.69) is 5.32 Å². The van der Waals surface area contributed by atoms with Gasteiger partial charge in [-0.2, -0.15) is 5.26 Å². The highest BCUT2D eigenvalue weighted by Gasteiger charge is 2.29. The molecule has 2 rings (SSSR count). The van der Waals surface area contributed by atoms with Gasteiger partial charge in [-0.1, -0.05) is 12.1 Å². The second kappa shape index (κ2) is 4.26. The Hall–Kier alpha value is -2.35. The van der Waals surface area contributed by atoms with E-state index in [1.807, 2.05) is 6.07 Å². The standard InChI is InChI=1S/C12H11N3O2/c1-8(6-13)12(17)15-7-11(16)14-9-4-2-3-5-10(9)15/h2-5,8H,7H2,1H3,(H,14,16). The summed E-state index contributed by atoms with van der Waals surface area (Å²) in [6.45, 7) is 1.49. The molecule has 0 spiro atoms. The Kier molecular flexibility index (Phi) is 2.79. The molecule has 1 aromatic rings. The van der Waals surface area contributed by atoms with Gasteiger partial charge in [-0.15, -0.1) is 0 Å². The largest absolute Gasteiger partial charge is 0.323 e. The first-order chi connectivity index (χ1) is 8.13. The van der Waals surface area contributed by atoms with Gasteiger partial charge in [0.1, 0.15) is 12.5 Å². The van der Waals surface area contributed by atoms with Crippen LogP contribution in [0.2, 0.25) is 0 Å². The van der Waals surface area contributed by atoms with E-state index in [0.717, 1.165) is 0 Å². The number of nitriles is 1. The van der Waals surface area contributed by atoms with Gasteiger partial charge in [-0.3, -0.25) is 14.5 Å². The molecule has 0 aromatic heterocycles. The van der Waals surface area contributed by atoms with Gasteiger partial charge in [0.25, 0.3) is 0 Å². The number of carbonyl (C=O) groups is 2. The fourth-order valence-corrected chi connectivity index (χ4v) is 1.72. The van der Waals surface area contributed by atoms with Crippen molar-refractivity contribution >= 4 is 23.2 Å². The molecule has 0 aliphatic carbocycles. The highest BCUT2D eigenvalue weighted by atomic mass is 16.2. The minimum Gasteiger partial charge on any atom is -0.323 e. The van der Waals surface area contributed by atoms with Crippen LogP contribution in [0.1, 0.15) is 6.92 Å². The second-order valence-corrected chi connectivity index (χ2v) is 3.84. The van der Waals surface area contributed by atoms with Crippen molar-refractivity contribution in [1.82, 2.24) is 0 Å². The van der Waals surface area contributed by atoms with Crippen LogP contribution in [0.3, 0.4) is 0 Å². The molecule has 17 heavy (non-hydrogen) atoms. The molecule has 5 nitrogen and oxygen atoms in total. The van der Waals surface area contributed by atoms with Crippen LogP contribution >= 0.6 is 0 Å². The Morgan fingerprint density at radius 3 is 2.94 bits per heavy atom. The lowest BCUT2D eigenvalue weighted by atomic mass is 10.1. The van der Waals surface area contributed by atoms with Crippen molar-refractivity contribution in [2.45, 2.75) is 6.92 Å². The summed E-state index contributed by atoms with van der Waals surface area (Å²) in [5.41, 5.74) is 1.24. The van der Waals surface area contributed by atoms with Crippen molar-refractivity contribution in [3.8, 4) is 6.07 Å². The Bertz CT molecular complexity index is 519. The first-order valence-corrected chi connectivity index (χ1v) is 5.23. The normalized spacial score (nSPS) is 15.5. The van der Waals surface area contributed by atoms with Crippen LogP contribution in [0.4, 0.5) is 11.4 Å². The van der Waals surface area contributed by atoms with Crippen molar-refractivity contribution in [2.24, 2.45) is 5.92 Å². The number of hydrogen-bond acceptors (Lipinski definition) is 3. The minimum absolute atomic E-state index is 0.0398. The molecule has 0 radical (unpaired) electrons. The molecular formula is C12H11N3O2. The van der Waals surface area contributed by atoms with Crippen molar-refractivity contribution in [3.05, 3.63) is 24.3 Å². The van der Waals surface area contributed by atoms with Crippen LogP contribution in [0.25, 0.3) is 0 Å². The summed E-state index contributed by atoms with van der Waals surface area (Å²) in [4.78, 5) is 24.8. The van der Waals surface area contributed by atoms with Gasteiger partial charge in [0.05, 0.1) is 17.4 Å². The average Bonchev–Trinajstić information content (AvgIpc) is 2.35. The van der Waals surface area contributed by atoms with Crippen LogP contribution in [0.5, 0.6) is 0 Å². The number of amides is 2. The minimum atomic E-state index is -0.756. The topological polar surface area (TPSA) is 73.2 Å². The number of benzene rings is 1. The molecule has 2 amide bonds. The molecule has 1 aromatic carbocycles. The third kappa shape index (κ3) is 1.97. The van der Waals surface area contributed by atoms with Gasteiger partial charge in [0, 0.05) is 0 Å². The Labute approximate surface area is 98.6 Å². The summed E-state index contributed by atoms with van der Waals surface area (Å²) >= 11 is 0. The number of carbonyl (C=O) groups excluding carboxylic acids is 2. The first-order valence-electron chi connectivity index (χ1n) is 5.23. The van der Waals surface area contributed by atoms with Gasteiger partial charge >= 0.3 is 0 Å². The Balaban J connectivity index is 2.40. The van der Waals surface area contributed by atoms with Crippen LogP contribution in [-0.2, 0) is 9.59 Å². The molecule has 0 bridgehead atoms. The van der Waals surface area contributed by atoms with Crippen LogP contribution < -0.4 is 10.2 Å². The third-order valence-electron chi connectivity index (χ3n) is 2.60. The van der Waals surface area contributed by atoms with Gasteiger partial charge < -0.3 is 5.32 Å². The summed E-state index contributed by atoms with van der Waals surface area (Å²) in [6, 6.07) is 8.92. The van der Waals surface area contributed by atoms with Crippen LogP contribution in [-0.4, -0.2) is 18.4 Å². The number of rotatable bonds is 1. The summed E-state index contributed by atoms with van der Waals surface area (Å²) in [5.74, 6) is -1.36. The van der Waals surface area contributed by atoms with Gasteiger partial charge in [0.15, 0.2) is 0 Å². The molecule has 1 heterocycles. The molecule has 1 unspecified atom stereocenters. The predicted octanol–water partition coefficient (Wildman–Crippen LogP) is 1.13. The summed E-state index contributed by atoms with van der Waals surface area (Å²) in [7, 11) is 0. The third-order valence-corrected chi connectivity index (χ3v) is 2.60. The summed E-state index contributed by atoms with van der Waals surface area (Å²) in [5, 5.41) is 11.4. The lowest BCUT2D eigenvalue weighted by Crippen LogP contribution is -2.44. The number of fused-ring (bicyclic) bond motifs is 1. The zero-order valence-corrected chi connectivity index (χ0v) is 9.30. The van der Waals surface area contributed by atoms with Crippen molar-refractivity contribution in [2.75, 3.05) is 16.8 Å². The zero-order valence-electron chi connectivity index (χ0n) is 9.30. The van der Waals surface area contributed by atoms with Gasteiger partial charge in [0.2, 0.25) is 11.8 Å². The maximum absolute atomic E-state index is 12.0. The number of anilines is 2. The SMILES string of the molecule is CC(C#N)C(=O)N1CC(=O)Nc2ccccc21. The summed E-state index contributed by atoms with van der Waals surface area (Å²) < 4.78 is 0. The van der Waals surface area contributed by atoms with Gasteiger partial charge in [-0.05, 0) is 19.1 Å². The second-order valence-electron chi connectivity index (χ2n) is 3.84. The van der Waals surface area contributed by atoms with E-state index < -0.39 is 5.92 Å². The molecule has 5 heteroatoms. The van der Waals surface area contributed by atoms with Crippen molar-refractivity contribution < 1.29 is 9.59 Å². The lowest BCUT2D eigenvalue weighted by molar-refractivity contribution is -0.123. The van der Waals surface area contributed by atoms with E-state index in [-0.39, 0.29) is 18.4 Å². The summed E-state index contributed by atoms with van der Waals surface area (Å²) in [6.07, 6.45) is 0. The number of nitrogens with zero attached hydrogens (tertiary/aromatic N) is 2. The Morgan fingerprint density at radius 2 is 2.24 bits per heavy atom. The maximum atomic E-state index is 12.0. The zero-order chi connectivity index (χ0) is 12.4. The lowest BCUT2D eigenvalue weighted by Gasteiger charge is -2.29. The number of hydrogen-bond donors (Lipinski definition) is 1. The molecule has 0 saturated heterocycles. The van der Waals surface area contributed by atoms with E-state index in [1.54, 1.807) is 24.3 Å². The van der Waals surface area contributed by atoms with E-state index in [0.29, 0.717) is 11.4 Å². The monoisotopic (exact) mass is 229 g/mol. The molecule has 1 aliphatic rings. The average molecular weight is 229 g/mol. The van der Waals surface area contributed by atoms with Crippen molar-refractivity contribution in [3.63, 3.8) is 0 Å². The number of para-hydroxylation sites is 2. The van der Waals surface area contributed by atoms with E-state index in [9.17, 15) is 9.59 Å². The molecule has 1 aliphatic heterocycles. The molecule has 86 valence electrons. The molecule has 1 N–H and O–H groups in total. The van der Waals surface area contributed by atoms with Gasteiger partial charge in [-0.25, -0.2) is 0 Å². The van der Waals surface area contributed by atoms with E-state index in [4.69, 9.17) is 5.26 Å². The highest BCUT2D eigenvalue weighted by molar-refractivity contribution is 6.10. The number of nitrogens with one attached hydrogen (secondary N) is 1. The van der Waals surface area contributed by atoms with E-state index >= 15 is 0 Å². The fourth-order valence-electron chi connectivity index (χ4n) is 1.72. The first kappa shape index (κ1) is 11.1. The predicted molar refractivity (Wildman–Crippen MR) is 62.2 cm³/mol. The maximum Gasteiger partial charge on any atom is 0.244 e. The smallest absolute Gasteiger partial charge is 0.244 e. The van der Waals surface area contributed by atoms with Crippen molar-refractivity contribution in [1.29, 1.82) is 5.26 Å². The van der Waals surface area contributed by atoms with E-state index in [1.165, 1.54) is 11.8 Å².